The summed E-state index contributed by atoms with van der Waals surface area (Å²) >= 11 is 0. The summed E-state index contributed by atoms with van der Waals surface area (Å²) in [5.74, 6) is 1.69. The van der Waals surface area contributed by atoms with Crippen LogP contribution in [0.2, 0.25) is 0 Å². The van der Waals surface area contributed by atoms with Crippen LogP contribution in [0.15, 0.2) is 78.9 Å². The summed E-state index contributed by atoms with van der Waals surface area (Å²) in [6.07, 6.45) is 0. The van der Waals surface area contributed by atoms with Crippen molar-refractivity contribution in [2.45, 2.75) is 38.9 Å². The van der Waals surface area contributed by atoms with Crippen LogP contribution in [0.3, 0.4) is 0 Å². The minimum atomic E-state index is -0.476. The van der Waals surface area contributed by atoms with Gasteiger partial charge >= 0.3 is 7.12 Å². The summed E-state index contributed by atoms with van der Waals surface area (Å²) in [7, 11) is -0.476. The van der Waals surface area contributed by atoms with Gasteiger partial charge in [0, 0.05) is 16.7 Å². The van der Waals surface area contributed by atoms with Crippen molar-refractivity contribution in [3.63, 3.8) is 0 Å². The summed E-state index contributed by atoms with van der Waals surface area (Å²) in [5.41, 5.74) is 3.19. The zero-order chi connectivity index (χ0) is 24.6. The third-order valence-corrected chi connectivity index (χ3v) is 6.59. The molecular weight excluding hydrogens is 435 g/mol. The van der Waals surface area contributed by atoms with Crippen LogP contribution < -0.4 is 5.46 Å². The van der Waals surface area contributed by atoms with Gasteiger partial charge in [0.25, 0.3) is 0 Å². The first kappa shape index (κ1) is 22.9. The Labute approximate surface area is 206 Å². The van der Waals surface area contributed by atoms with Crippen molar-refractivity contribution in [1.29, 1.82) is 0 Å². The van der Waals surface area contributed by atoms with E-state index in [0.29, 0.717) is 23.2 Å². The Morgan fingerprint density at radius 3 is 1.74 bits per heavy atom. The topological polar surface area (TPSA) is 61.5 Å². The molecule has 2 heterocycles. The van der Waals surface area contributed by atoms with Crippen LogP contribution in [0.1, 0.15) is 27.7 Å². The number of hydrogen-bond donors (Lipinski definition) is 0. The Hall–Kier alpha value is -3.86. The lowest BCUT2D eigenvalue weighted by Crippen LogP contribution is -2.41. The van der Waals surface area contributed by atoms with Crippen LogP contribution in [0.4, 0.5) is 5.69 Å². The third kappa shape index (κ3) is 4.46. The van der Waals surface area contributed by atoms with Gasteiger partial charge < -0.3 is 9.31 Å². The van der Waals surface area contributed by atoms with Crippen molar-refractivity contribution in [1.82, 2.24) is 15.0 Å². The molecule has 0 bridgehead atoms. The lowest BCUT2D eigenvalue weighted by molar-refractivity contribution is 0.00578. The largest absolute Gasteiger partial charge is 0.494 e. The Bertz CT molecular complexity index is 1400. The van der Waals surface area contributed by atoms with E-state index in [1.165, 1.54) is 0 Å². The molecule has 1 aliphatic heterocycles. The Morgan fingerprint density at radius 1 is 0.657 bits per heavy atom. The molecule has 6 nitrogen and oxygen atoms in total. The SMILES string of the molecule is [C-]#[N+]c1ccc(-c2nc(-c3ccccc3)nc(-c3cccc(B4OC(C)(C)C(C)(C)O4)c3)n2)cc1. The van der Waals surface area contributed by atoms with Gasteiger partial charge in [-0.1, -0.05) is 78.9 Å². The maximum atomic E-state index is 7.21. The quantitative estimate of drug-likeness (QED) is 0.288. The average molecular weight is 460 g/mol. The fraction of sp³-hybridized carbons (Fsp3) is 0.214. The molecular formula is C28H25BN4O2. The second-order valence-corrected chi connectivity index (χ2v) is 9.54. The number of nitrogens with zero attached hydrogens (tertiary/aromatic N) is 4. The van der Waals surface area contributed by atoms with Crippen LogP contribution in [0.5, 0.6) is 0 Å². The van der Waals surface area contributed by atoms with Gasteiger partial charge in [0.1, 0.15) is 0 Å². The predicted molar refractivity (Wildman–Crippen MR) is 138 cm³/mol. The standard InChI is InChI=1S/C28H25BN4O2/c1-27(2)28(3,4)35-29(34-27)22-13-9-12-21(18-22)26-32-24(19-10-7-6-8-11-19)31-25(33-26)20-14-16-23(30-5)17-15-20/h6-18H,1-4H3. The van der Waals surface area contributed by atoms with E-state index in [9.17, 15) is 0 Å². The normalized spacial score (nSPS) is 16.1. The van der Waals surface area contributed by atoms with Crippen LogP contribution in [-0.2, 0) is 9.31 Å². The monoisotopic (exact) mass is 460 g/mol. The van der Waals surface area contributed by atoms with Gasteiger partial charge in [-0.25, -0.2) is 19.8 Å². The fourth-order valence-electron chi connectivity index (χ4n) is 3.84. The second-order valence-electron chi connectivity index (χ2n) is 9.54. The zero-order valence-electron chi connectivity index (χ0n) is 20.2. The molecule has 1 saturated heterocycles. The van der Waals surface area contributed by atoms with E-state index in [-0.39, 0.29) is 0 Å². The van der Waals surface area contributed by atoms with Gasteiger partial charge in [-0.2, -0.15) is 0 Å². The Morgan fingerprint density at radius 2 is 1.17 bits per heavy atom. The molecule has 0 atom stereocenters. The van der Waals surface area contributed by atoms with Crippen LogP contribution >= 0.6 is 0 Å². The molecule has 0 unspecified atom stereocenters. The highest BCUT2D eigenvalue weighted by atomic mass is 16.7. The smallest absolute Gasteiger partial charge is 0.399 e. The molecule has 0 amide bonds. The minimum Gasteiger partial charge on any atom is -0.399 e. The summed E-state index contributed by atoms with van der Waals surface area (Å²) in [5, 5.41) is 0. The molecule has 1 aliphatic rings. The van der Waals surface area contributed by atoms with E-state index in [0.717, 1.165) is 22.2 Å². The summed E-state index contributed by atoms with van der Waals surface area (Å²) in [6.45, 7) is 15.4. The molecule has 0 N–H and O–H groups in total. The van der Waals surface area contributed by atoms with Gasteiger partial charge in [-0.05, 0) is 33.2 Å². The molecule has 3 aromatic carbocycles. The lowest BCUT2D eigenvalue weighted by atomic mass is 9.78. The van der Waals surface area contributed by atoms with Gasteiger partial charge in [0.15, 0.2) is 23.2 Å². The van der Waals surface area contributed by atoms with E-state index in [2.05, 4.69) is 4.85 Å². The molecule has 172 valence electrons. The van der Waals surface area contributed by atoms with E-state index in [4.69, 9.17) is 30.8 Å². The predicted octanol–water partition coefficient (Wildman–Crippen LogP) is 5.72. The molecule has 1 aromatic heterocycles. The highest BCUT2D eigenvalue weighted by Crippen LogP contribution is 2.36. The number of rotatable bonds is 4. The molecule has 5 rings (SSSR count). The number of aromatic nitrogens is 3. The van der Waals surface area contributed by atoms with E-state index >= 15 is 0 Å². The summed E-state index contributed by atoms with van der Waals surface area (Å²) in [6, 6.07) is 25.1. The molecule has 35 heavy (non-hydrogen) atoms. The number of benzene rings is 3. The lowest BCUT2D eigenvalue weighted by Gasteiger charge is -2.32. The van der Waals surface area contributed by atoms with Crippen LogP contribution in [0.25, 0.3) is 39.0 Å². The van der Waals surface area contributed by atoms with Gasteiger partial charge in [-0.3, -0.25) is 0 Å². The molecule has 0 radical (unpaired) electrons. The van der Waals surface area contributed by atoms with E-state index in [1.54, 1.807) is 12.1 Å². The molecule has 1 fully saturated rings. The Balaban J connectivity index is 1.59. The molecule has 0 spiro atoms. The summed E-state index contributed by atoms with van der Waals surface area (Å²) in [4.78, 5) is 17.8. The van der Waals surface area contributed by atoms with Crippen molar-refractivity contribution in [3.8, 4) is 34.2 Å². The zero-order valence-corrected chi connectivity index (χ0v) is 20.2. The van der Waals surface area contributed by atoms with Gasteiger partial charge in [-0.15, -0.1) is 0 Å². The third-order valence-electron chi connectivity index (χ3n) is 6.59. The van der Waals surface area contributed by atoms with Gasteiger partial charge in [0.05, 0.1) is 17.8 Å². The average Bonchev–Trinajstić information content (AvgIpc) is 3.11. The van der Waals surface area contributed by atoms with Crippen molar-refractivity contribution in [2.24, 2.45) is 0 Å². The molecule has 4 aromatic rings. The molecule has 7 heteroatoms. The first-order chi connectivity index (χ1) is 16.8. The second kappa shape index (κ2) is 8.73. The van der Waals surface area contributed by atoms with Gasteiger partial charge in [0.2, 0.25) is 0 Å². The first-order valence-corrected chi connectivity index (χ1v) is 11.5. The van der Waals surface area contributed by atoms with E-state index in [1.807, 2.05) is 94.4 Å². The highest BCUT2D eigenvalue weighted by molar-refractivity contribution is 6.62. The highest BCUT2D eigenvalue weighted by Gasteiger charge is 2.51. The van der Waals surface area contributed by atoms with Crippen LogP contribution in [-0.4, -0.2) is 33.3 Å². The van der Waals surface area contributed by atoms with Crippen molar-refractivity contribution in [2.75, 3.05) is 0 Å². The van der Waals surface area contributed by atoms with Crippen LogP contribution in [0, 0.1) is 6.57 Å². The maximum absolute atomic E-state index is 7.21. The maximum Gasteiger partial charge on any atom is 0.494 e. The van der Waals surface area contributed by atoms with Crippen molar-refractivity contribution >= 4 is 18.3 Å². The Kier molecular flexibility index (Phi) is 5.72. The van der Waals surface area contributed by atoms with Crippen molar-refractivity contribution < 1.29 is 9.31 Å². The molecule has 0 saturated carbocycles. The molecule has 0 aliphatic carbocycles. The van der Waals surface area contributed by atoms with Crippen molar-refractivity contribution in [3.05, 3.63) is 90.3 Å². The number of hydrogen-bond acceptors (Lipinski definition) is 5. The fourth-order valence-corrected chi connectivity index (χ4v) is 3.84. The first-order valence-electron chi connectivity index (χ1n) is 11.5. The van der Waals surface area contributed by atoms with E-state index < -0.39 is 18.3 Å². The minimum absolute atomic E-state index is 0.425. The summed E-state index contributed by atoms with van der Waals surface area (Å²) < 4.78 is 12.5.